The Balaban J connectivity index is 2.51. The molecule has 0 heterocycles. The Morgan fingerprint density at radius 3 is 2.26 bits per heavy atom. The number of benzene rings is 1. The first-order valence-electron chi connectivity index (χ1n) is 6.75. The van der Waals surface area contributed by atoms with Crippen LogP contribution in [0.2, 0.25) is 0 Å². The molecule has 0 radical (unpaired) electrons. The second kappa shape index (κ2) is 6.53. The van der Waals surface area contributed by atoms with E-state index in [0.29, 0.717) is 6.42 Å². The van der Waals surface area contributed by atoms with Crippen molar-refractivity contribution in [1.29, 1.82) is 0 Å². The number of sulfonamides is 1. The van der Waals surface area contributed by atoms with Gasteiger partial charge in [-0.25, -0.2) is 13.1 Å². The highest BCUT2D eigenvalue weighted by atomic mass is 32.2. The molecule has 0 saturated heterocycles. The number of nitrogens with one attached hydrogen (secondary N) is 1. The molecule has 0 unspecified atom stereocenters. The molecule has 108 valence electrons. The van der Waals surface area contributed by atoms with E-state index < -0.39 is 10.0 Å². The van der Waals surface area contributed by atoms with Gasteiger partial charge in [0.05, 0.1) is 5.75 Å². The molecule has 0 aliphatic heterocycles. The van der Waals surface area contributed by atoms with Gasteiger partial charge in [0.1, 0.15) is 0 Å². The molecule has 1 atom stereocenters. The van der Waals surface area contributed by atoms with Gasteiger partial charge in [0.15, 0.2) is 0 Å². The number of rotatable bonds is 6. The molecule has 0 aliphatic carbocycles. The summed E-state index contributed by atoms with van der Waals surface area (Å²) in [5.41, 5.74) is 1.17. The fourth-order valence-corrected chi connectivity index (χ4v) is 3.25. The molecule has 0 aliphatic rings. The minimum absolute atomic E-state index is 0.180. The summed E-state index contributed by atoms with van der Waals surface area (Å²) in [5.74, 6) is 0.196. The first-order valence-corrected chi connectivity index (χ1v) is 8.40. The van der Waals surface area contributed by atoms with E-state index in [2.05, 4.69) is 25.5 Å². The van der Waals surface area contributed by atoms with E-state index in [1.54, 1.807) is 0 Å². The fraction of sp³-hybridized carbons (Fsp3) is 0.600. The lowest BCUT2D eigenvalue weighted by Gasteiger charge is -2.19. The van der Waals surface area contributed by atoms with Gasteiger partial charge in [-0.3, -0.25) is 0 Å². The Kier molecular flexibility index (Phi) is 5.56. The third-order valence-corrected chi connectivity index (χ3v) is 4.53. The van der Waals surface area contributed by atoms with Gasteiger partial charge in [-0.05, 0) is 30.7 Å². The summed E-state index contributed by atoms with van der Waals surface area (Å²) < 4.78 is 26.7. The van der Waals surface area contributed by atoms with Crippen LogP contribution in [0.25, 0.3) is 0 Å². The second-order valence-electron chi connectivity index (χ2n) is 6.23. The van der Waals surface area contributed by atoms with Gasteiger partial charge in [-0.15, -0.1) is 0 Å². The number of hydrogen-bond donors (Lipinski definition) is 1. The van der Waals surface area contributed by atoms with E-state index in [1.165, 1.54) is 0 Å². The smallest absolute Gasteiger partial charge is 0.212 e. The Labute approximate surface area is 117 Å². The first kappa shape index (κ1) is 16.2. The molecule has 0 saturated carbocycles. The molecule has 19 heavy (non-hydrogen) atoms. The third-order valence-electron chi connectivity index (χ3n) is 3.00. The Hall–Kier alpha value is -0.870. The molecule has 1 aromatic rings. The molecule has 0 fully saturated rings. The van der Waals surface area contributed by atoms with E-state index in [-0.39, 0.29) is 17.2 Å². The van der Waals surface area contributed by atoms with Crippen LogP contribution in [0.3, 0.4) is 0 Å². The van der Waals surface area contributed by atoms with Crippen molar-refractivity contribution >= 4 is 10.0 Å². The maximum atomic E-state index is 12.0. The maximum absolute atomic E-state index is 12.0. The predicted octanol–water partition coefficient (Wildman–Crippen LogP) is 3.49. The normalized spacial score (nSPS) is 14.3. The van der Waals surface area contributed by atoms with Gasteiger partial charge in [0, 0.05) is 6.04 Å². The van der Waals surface area contributed by atoms with Gasteiger partial charge in [-0.2, -0.15) is 0 Å². The quantitative estimate of drug-likeness (QED) is 0.868. The van der Waals surface area contributed by atoms with Crippen LogP contribution in [0.4, 0.5) is 0 Å². The number of hydrogen-bond acceptors (Lipinski definition) is 2. The largest absolute Gasteiger partial charge is 0.212 e. The highest BCUT2D eigenvalue weighted by Gasteiger charge is 2.17. The summed E-state index contributed by atoms with van der Waals surface area (Å²) in [6.45, 7) is 8.25. The molecule has 1 rings (SSSR count). The van der Waals surface area contributed by atoms with Crippen molar-refractivity contribution in [1.82, 2.24) is 4.72 Å². The SMILES string of the molecule is C[C@@H](NS(=O)(=O)CCCC(C)(C)C)c1ccccc1. The van der Waals surface area contributed by atoms with E-state index >= 15 is 0 Å². The van der Waals surface area contributed by atoms with Crippen LogP contribution in [0, 0.1) is 5.41 Å². The zero-order valence-electron chi connectivity index (χ0n) is 12.3. The van der Waals surface area contributed by atoms with Crippen molar-refractivity contribution in [2.45, 2.75) is 46.6 Å². The maximum Gasteiger partial charge on any atom is 0.212 e. The van der Waals surface area contributed by atoms with E-state index in [1.807, 2.05) is 37.3 Å². The van der Waals surface area contributed by atoms with Crippen LogP contribution in [0.1, 0.15) is 52.1 Å². The summed E-state index contributed by atoms with van der Waals surface area (Å²) in [6.07, 6.45) is 1.61. The molecule has 1 N–H and O–H groups in total. The summed E-state index contributed by atoms with van der Waals surface area (Å²) in [5, 5.41) is 0. The van der Waals surface area contributed by atoms with Gasteiger partial charge >= 0.3 is 0 Å². The lowest BCUT2D eigenvalue weighted by atomic mass is 9.91. The fourth-order valence-electron chi connectivity index (χ4n) is 1.93. The molecule has 0 bridgehead atoms. The molecule has 0 amide bonds. The summed E-state index contributed by atoms with van der Waals surface area (Å²) in [4.78, 5) is 0. The first-order chi connectivity index (χ1) is 8.70. The molecule has 3 nitrogen and oxygen atoms in total. The van der Waals surface area contributed by atoms with Crippen LogP contribution >= 0.6 is 0 Å². The summed E-state index contributed by atoms with van der Waals surface area (Å²) in [6, 6.07) is 9.44. The molecule has 1 aromatic carbocycles. The monoisotopic (exact) mass is 283 g/mol. The van der Waals surface area contributed by atoms with Crippen LogP contribution in [-0.2, 0) is 10.0 Å². The minimum Gasteiger partial charge on any atom is -0.212 e. The van der Waals surface area contributed by atoms with Crippen molar-refractivity contribution in [3.05, 3.63) is 35.9 Å². The predicted molar refractivity (Wildman–Crippen MR) is 80.5 cm³/mol. The van der Waals surface area contributed by atoms with Crippen molar-refractivity contribution in [2.24, 2.45) is 5.41 Å². The lowest BCUT2D eigenvalue weighted by molar-refractivity contribution is 0.373. The molecule has 4 heteroatoms. The van der Waals surface area contributed by atoms with Crippen LogP contribution in [0.15, 0.2) is 30.3 Å². The Bertz CT molecular complexity index is 475. The zero-order valence-corrected chi connectivity index (χ0v) is 13.1. The average Bonchev–Trinajstić information content (AvgIpc) is 2.27. The van der Waals surface area contributed by atoms with Crippen molar-refractivity contribution in [3.8, 4) is 0 Å². The van der Waals surface area contributed by atoms with Crippen LogP contribution in [-0.4, -0.2) is 14.2 Å². The van der Waals surface area contributed by atoms with Crippen LogP contribution in [0.5, 0.6) is 0 Å². The summed E-state index contributed by atoms with van der Waals surface area (Å²) >= 11 is 0. The van der Waals surface area contributed by atoms with E-state index in [0.717, 1.165) is 12.0 Å². The standard InChI is InChI=1S/C15H25NO2S/c1-13(14-9-6-5-7-10-14)16-19(17,18)12-8-11-15(2,3)4/h5-7,9-10,13,16H,8,11-12H2,1-4H3/t13-/m1/s1. The second-order valence-corrected chi connectivity index (χ2v) is 8.11. The Morgan fingerprint density at radius 2 is 1.74 bits per heavy atom. The highest BCUT2D eigenvalue weighted by molar-refractivity contribution is 7.89. The van der Waals surface area contributed by atoms with E-state index in [4.69, 9.17) is 0 Å². The molecule has 0 aromatic heterocycles. The average molecular weight is 283 g/mol. The molecular formula is C15H25NO2S. The summed E-state index contributed by atoms with van der Waals surface area (Å²) in [7, 11) is -3.20. The van der Waals surface area contributed by atoms with E-state index in [9.17, 15) is 8.42 Å². The van der Waals surface area contributed by atoms with Crippen LogP contribution < -0.4 is 4.72 Å². The Morgan fingerprint density at radius 1 is 1.16 bits per heavy atom. The topological polar surface area (TPSA) is 46.2 Å². The third kappa shape index (κ3) is 6.73. The van der Waals surface area contributed by atoms with Crippen molar-refractivity contribution < 1.29 is 8.42 Å². The van der Waals surface area contributed by atoms with Crippen molar-refractivity contribution in [3.63, 3.8) is 0 Å². The van der Waals surface area contributed by atoms with Crippen molar-refractivity contribution in [2.75, 3.05) is 5.75 Å². The highest BCUT2D eigenvalue weighted by Crippen LogP contribution is 2.21. The molecule has 0 spiro atoms. The van der Waals surface area contributed by atoms with Gasteiger partial charge in [0.25, 0.3) is 0 Å². The van der Waals surface area contributed by atoms with Gasteiger partial charge in [-0.1, -0.05) is 51.1 Å². The minimum atomic E-state index is -3.20. The van der Waals surface area contributed by atoms with Gasteiger partial charge < -0.3 is 0 Å². The molecular weight excluding hydrogens is 258 g/mol. The van der Waals surface area contributed by atoms with Gasteiger partial charge in [0.2, 0.25) is 10.0 Å². The lowest BCUT2D eigenvalue weighted by Crippen LogP contribution is -2.29. The zero-order chi connectivity index (χ0) is 14.5.